The highest BCUT2D eigenvalue weighted by atomic mass is 127. The van der Waals surface area contributed by atoms with Gasteiger partial charge in [0.25, 0.3) is 0 Å². The first-order valence-electron chi connectivity index (χ1n) is 10.2. The number of carbonyl (C=O) groups excluding carboxylic acids is 1. The summed E-state index contributed by atoms with van der Waals surface area (Å²) in [6.45, 7) is 6.36. The van der Waals surface area contributed by atoms with Gasteiger partial charge in [-0.25, -0.2) is 4.99 Å². The molecular formula is C21H35IN4O2. The van der Waals surface area contributed by atoms with Gasteiger partial charge in [-0.05, 0) is 37.5 Å². The van der Waals surface area contributed by atoms with Crippen molar-refractivity contribution in [3.8, 4) is 0 Å². The van der Waals surface area contributed by atoms with Gasteiger partial charge in [0.15, 0.2) is 5.96 Å². The van der Waals surface area contributed by atoms with Crippen molar-refractivity contribution in [3.63, 3.8) is 0 Å². The molecule has 2 rings (SSSR count). The topological polar surface area (TPSA) is 74.8 Å². The number of hydrogen-bond donors (Lipinski definition) is 3. The van der Waals surface area contributed by atoms with E-state index in [0.717, 1.165) is 30.3 Å². The lowest BCUT2D eigenvalue weighted by molar-refractivity contribution is -0.114. The number of anilines is 1. The molecule has 1 aliphatic carbocycles. The van der Waals surface area contributed by atoms with E-state index in [0.29, 0.717) is 19.3 Å². The normalized spacial score (nSPS) is 15.3. The standard InChI is InChI=1S/C21H34N4O2.HI/c1-3-22-21(23-13-14-27-20-11-6-4-5-7-12-20)24-16-18-9-8-10-19(15-18)25-17(2)26;/h8-10,15,20H,3-7,11-14,16H2,1-2H3,(H,25,26)(H2,22,23,24);1H. The predicted molar refractivity (Wildman–Crippen MR) is 126 cm³/mol. The van der Waals surface area contributed by atoms with Gasteiger partial charge in [0.2, 0.25) is 5.91 Å². The quantitative estimate of drug-likeness (QED) is 0.165. The molecule has 0 saturated heterocycles. The zero-order valence-electron chi connectivity index (χ0n) is 17.1. The fourth-order valence-electron chi connectivity index (χ4n) is 3.27. The molecule has 0 unspecified atom stereocenters. The fraction of sp³-hybridized carbons (Fsp3) is 0.619. The number of halogens is 1. The number of nitrogens with one attached hydrogen (secondary N) is 3. The molecule has 0 atom stereocenters. The molecule has 1 fully saturated rings. The summed E-state index contributed by atoms with van der Waals surface area (Å²) < 4.78 is 6.02. The molecule has 158 valence electrons. The zero-order valence-corrected chi connectivity index (χ0v) is 19.5. The molecule has 1 aromatic carbocycles. The Morgan fingerprint density at radius 1 is 1.18 bits per heavy atom. The second kappa shape index (κ2) is 14.6. The molecule has 1 aromatic rings. The molecule has 1 aliphatic rings. The fourth-order valence-corrected chi connectivity index (χ4v) is 3.27. The molecule has 0 radical (unpaired) electrons. The predicted octanol–water partition coefficient (Wildman–Crippen LogP) is 4.06. The summed E-state index contributed by atoms with van der Waals surface area (Å²) in [5.74, 6) is 0.714. The van der Waals surface area contributed by atoms with Crippen LogP contribution in [0.3, 0.4) is 0 Å². The van der Waals surface area contributed by atoms with Gasteiger partial charge in [-0.2, -0.15) is 0 Å². The molecule has 28 heavy (non-hydrogen) atoms. The second-order valence-corrected chi connectivity index (χ2v) is 6.99. The third-order valence-electron chi connectivity index (χ3n) is 4.56. The van der Waals surface area contributed by atoms with Gasteiger partial charge in [0.1, 0.15) is 0 Å². The van der Waals surface area contributed by atoms with Crippen molar-refractivity contribution < 1.29 is 9.53 Å². The summed E-state index contributed by atoms with van der Waals surface area (Å²) in [5, 5.41) is 9.40. The number of nitrogens with zero attached hydrogens (tertiary/aromatic N) is 1. The van der Waals surface area contributed by atoms with E-state index in [-0.39, 0.29) is 29.9 Å². The molecule has 0 heterocycles. The van der Waals surface area contributed by atoms with Crippen LogP contribution in [0.2, 0.25) is 0 Å². The van der Waals surface area contributed by atoms with E-state index >= 15 is 0 Å². The largest absolute Gasteiger partial charge is 0.376 e. The minimum atomic E-state index is -0.0701. The van der Waals surface area contributed by atoms with Crippen molar-refractivity contribution in [3.05, 3.63) is 29.8 Å². The number of hydrogen-bond acceptors (Lipinski definition) is 3. The summed E-state index contributed by atoms with van der Waals surface area (Å²) >= 11 is 0. The third kappa shape index (κ3) is 10.3. The van der Waals surface area contributed by atoms with Crippen LogP contribution in [-0.4, -0.2) is 37.7 Å². The summed E-state index contributed by atoms with van der Waals surface area (Å²) in [6.07, 6.45) is 8.08. The number of ether oxygens (including phenoxy) is 1. The van der Waals surface area contributed by atoms with Crippen LogP contribution >= 0.6 is 24.0 Å². The number of carbonyl (C=O) groups is 1. The summed E-state index contributed by atoms with van der Waals surface area (Å²) in [5.41, 5.74) is 1.85. The minimum Gasteiger partial charge on any atom is -0.376 e. The molecule has 1 amide bonds. The first kappa shape index (κ1) is 24.7. The van der Waals surface area contributed by atoms with Crippen molar-refractivity contribution in [2.75, 3.05) is 25.0 Å². The van der Waals surface area contributed by atoms with E-state index in [9.17, 15) is 4.79 Å². The van der Waals surface area contributed by atoms with Gasteiger partial charge in [0, 0.05) is 25.7 Å². The lowest BCUT2D eigenvalue weighted by Gasteiger charge is -2.16. The maximum Gasteiger partial charge on any atom is 0.221 e. The summed E-state index contributed by atoms with van der Waals surface area (Å²) in [4.78, 5) is 15.8. The zero-order chi connectivity index (χ0) is 19.3. The number of benzene rings is 1. The maximum atomic E-state index is 11.2. The van der Waals surface area contributed by atoms with E-state index in [1.165, 1.54) is 45.4 Å². The van der Waals surface area contributed by atoms with Crippen LogP contribution in [0.4, 0.5) is 5.69 Å². The highest BCUT2D eigenvalue weighted by Gasteiger charge is 2.12. The number of amides is 1. The molecular weight excluding hydrogens is 467 g/mol. The molecule has 0 bridgehead atoms. The van der Waals surface area contributed by atoms with E-state index in [1.54, 1.807) is 0 Å². The summed E-state index contributed by atoms with van der Waals surface area (Å²) in [7, 11) is 0. The third-order valence-corrected chi connectivity index (χ3v) is 4.56. The first-order valence-corrected chi connectivity index (χ1v) is 10.2. The van der Waals surface area contributed by atoms with Gasteiger partial charge >= 0.3 is 0 Å². The smallest absolute Gasteiger partial charge is 0.221 e. The monoisotopic (exact) mass is 502 g/mol. The van der Waals surface area contributed by atoms with Crippen LogP contribution in [-0.2, 0) is 16.1 Å². The molecule has 7 heteroatoms. The van der Waals surface area contributed by atoms with Crippen molar-refractivity contribution in [1.29, 1.82) is 0 Å². The van der Waals surface area contributed by atoms with Gasteiger partial charge in [-0.15, -0.1) is 24.0 Å². The van der Waals surface area contributed by atoms with Crippen LogP contribution in [0.25, 0.3) is 0 Å². The molecule has 3 N–H and O–H groups in total. The van der Waals surface area contributed by atoms with Crippen LogP contribution in [0.1, 0.15) is 57.9 Å². The first-order chi connectivity index (χ1) is 13.2. The van der Waals surface area contributed by atoms with Crippen molar-refractivity contribution in [2.45, 2.75) is 65.0 Å². The van der Waals surface area contributed by atoms with Crippen molar-refractivity contribution in [1.82, 2.24) is 10.6 Å². The SMILES string of the molecule is CCNC(=NCc1cccc(NC(C)=O)c1)NCCOC1CCCCCC1.I. The number of aliphatic imine (C=N–C) groups is 1. The number of guanidine groups is 1. The van der Waals surface area contributed by atoms with Crippen LogP contribution in [0.15, 0.2) is 29.3 Å². The van der Waals surface area contributed by atoms with Crippen LogP contribution < -0.4 is 16.0 Å². The molecule has 6 nitrogen and oxygen atoms in total. The van der Waals surface area contributed by atoms with Crippen molar-refractivity contribution >= 4 is 41.5 Å². The second-order valence-electron chi connectivity index (χ2n) is 6.99. The Balaban J connectivity index is 0.00000392. The summed E-state index contributed by atoms with van der Waals surface area (Å²) in [6, 6.07) is 7.76. The Labute approximate surface area is 186 Å². The van der Waals surface area contributed by atoms with Gasteiger partial charge in [0.05, 0.1) is 19.3 Å². The van der Waals surface area contributed by atoms with Crippen molar-refractivity contribution in [2.24, 2.45) is 4.99 Å². The van der Waals surface area contributed by atoms with E-state index in [4.69, 9.17) is 4.74 Å². The van der Waals surface area contributed by atoms with E-state index in [1.807, 2.05) is 24.3 Å². The Bertz CT molecular complexity index is 602. The van der Waals surface area contributed by atoms with Crippen LogP contribution in [0.5, 0.6) is 0 Å². The van der Waals surface area contributed by atoms with Gasteiger partial charge in [-0.3, -0.25) is 4.79 Å². The Hall–Kier alpha value is -1.35. The molecule has 1 saturated carbocycles. The lowest BCUT2D eigenvalue weighted by Crippen LogP contribution is -2.39. The highest BCUT2D eigenvalue weighted by molar-refractivity contribution is 14.0. The van der Waals surface area contributed by atoms with Gasteiger partial charge in [-0.1, -0.05) is 37.8 Å². The Morgan fingerprint density at radius 2 is 1.93 bits per heavy atom. The molecule has 0 aliphatic heterocycles. The molecule has 0 spiro atoms. The minimum absolute atomic E-state index is 0. The number of rotatable bonds is 8. The Morgan fingerprint density at radius 3 is 2.61 bits per heavy atom. The average Bonchev–Trinajstić information content (AvgIpc) is 2.92. The van der Waals surface area contributed by atoms with E-state index in [2.05, 4.69) is 27.9 Å². The van der Waals surface area contributed by atoms with Gasteiger partial charge < -0.3 is 20.7 Å². The Kier molecular flexibility index (Phi) is 12.9. The van der Waals surface area contributed by atoms with Crippen LogP contribution in [0, 0.1) is 0 Å². The highest BCUT2D eigenvalue weighted by Crippen LogP contribution is 2.19. The average molecular weight is 502 g/mol. The molecule has 0 aromatic heterocycles. The van der Waals surface area contributed by atoms with E-state index < -0.39 is 0 Å². The lowest BCUT2D eigenvalue weighted by atomic mass is 10.1. The maximum absolute atomic E-state index is 11.2.